The number of hydrogen-bond donors (Lipinski definition) is 3. The fourth-order valence-corrected chi connectivity index (χ4v) is 4.17. The van der Waals surface area contributed by atoms with Crippen molar-refractivity contribution in [2.75, 3.05) is 16.8 Å². The molecule has 3 N–H and O–H groups in total. The van der Waals surface area contributed by atoms with E-state index in [1.54, 1.807) is 6.20 Å². The molecule has 186 valence electrons. The number of nitrogens with one attached hydrogen (secondary N) is 2. The largest absolute Gasteiger partial charge is 0.492 e. The van der Waals surface area contributed by atoms with Crippen LogP contribution in [0.5, 0.6) is 11.6 Å². The van der Waals surface area contributed by atoms with Crippen LogP contribution < -0.4 is 15.0 Å². The van der Waals surface area contributed by atoms with E-state index < -0.39 is 23.8 Å². The predicted octanol–water partition coefficient (Wildman–Crippen LogP) is 3.76. The number of nitrogens with zero attached hydrogens (tertiary/aromatic N) is 4. The summed E-state index contributed by atoms with van der Waals surface area (Å²) in [5.41, 5.74) is 2.06. The summed E-state index contributed by atoms with van der Waals surface area (Å²) in [6.45, 7) is 0.342. The zero-order chi connectivity index (χ0) is 25.5. The molecule has 2 aromatic carbocycles. The van der Waals surface area contributed by atoms with Crippen molar-refractivity contribution >= 4 is 28.4 Å². The quantitative estimate of drug-likeness (QED) is 0.375. The third-order valence-corrected chi connectivity index (χ3v) is 5.92. The standard InChI is InChI=1S/C25H18F2N6O4/c26-14-1-4-16(5-2-14)33-10-13-7-8-36-21(13)19(25(33)35)23(34)32-15-3-6-18(17(27)9-15)37-24-20-22(29-11-28-20)30-12-31-24/h1-6,9-12,25,35H,7-8H2,(H,32,34)(H,28,29,30,31). The van der Waals surface area contributed by atoms with Crippen molar-refractivity contribution in [1.82, 2.24) is 19.9 Å². The fourth-order valence-electron chi connectivity index (χ4n) is 4.17. The van der Waals surface area contributed by atoms with Crippen LogP contribution in [-0.2, 0) is 9.53 Å². The minimum Gasteiger partial charge on any atom is -0.492 e. The highest BCUT2D eigenvalue weighted by molar-refractivity contribution is 6.06. The number of aromatic amines is 1. The summed E-state index contributed by atoms with van der Waals surface area (Å²) in [4.78, 5) is 29.6. The lowest BCUT2D eigenvalue weighted by molar-refractivity contribution is -0.114. The molecular weight excluding hydrogens is 486 g/mol. The van der Waals surface area contributed by atoms with Crippen LogP contribution in [0, 0.1) is 11.6 Å². The summed E-state index contributed by atoms with van der Waals surface area (Å²) >= 11 is 0. The van der Waals surface area contributed by atoms with Crippen molar-refractivity contribution in [2.24, 2.45) is 0 Å². The van der Waals surface area contributed by atoms with Crippen molar-refractivity contribution in [1.29, 1.82) is 0 Å². The van der Waals surface area contributed by atoms with Crippen LogP contribution >= 0.6 is 0 Å². The minimum absolute atomic E-state index is 0.0398. The number of ether oxygens (including phenoxy) is 2. The number of fused-ring (bicyclic) bond motifs is 2. The van der Waals surface area contributed by atoms with E-state index in [4.69, 9.17) is 9.47 Å². The Hall–Kier alpha value is -4.84. The van der Waals surface area contributed by atoms with E-state index >= 15 is 0 Å². The Labute approximate surface area is 207 Å². The Morgan fingerprint density at radius 1 is 1.16 bits per heavy atom. The number of carbonyl (C=O) groups is 1. The Morgan fingerprint density at radius 3 is 2.81 bits per heavy atom. The zero-order valence-electron chi connectivity index (χ0n) is 19.0. The molecule has 1 atom stereocenters. The average molecular weight is 504 g/mol. The van der Waals surface area contributed by atoms with E-state index in [0.29, 0.717) is 35.5 Å². The van der Waals surface area contributed by atoms with Gasteiger partial charge in [-0.15, -0.1) is 0 Å². The van der Waals surface area contributed by atoms with Crippen molar-refractivity contribution in [3.63, 3.8) is 0 Å². The molecule has 0 spiro atoms. The molecule has 2 aliphatic rings. The van der Waals surface area contributed by atoms with Gasteiger partial charge in [0.2, 0.25) is 0 Å². The first-order valence-corrected chi connectivity index (χ1v) is 11.2. The maximum Gasteiger partial charge on any atom is 0.259 e. The maximum absolute atomic E-state index is 14.9. The molecule has 0 bridgehead atoms. The van der Waals surface area contributed by atoms with Gasteiger partial charge in [-0.05, 0) is 36.4 Å². The molecule has 2 aliphatic heterocycles. The van der Waals surface area contributed by atoms with Gasteiger partial charge < -0.3 is 29.8 Å². The Bertz CT molecular complexity index is 1580. The number of allylic oxidation sites excluding steroid dienone is 1. The fraction of sp³-hybridized carbons (Fsp3) is 0.120. The third-order valence-electron chi connectivity index (χ3n) is 5.92. The first kappa shape index (κ1) is 22.6. The molecular formula is C25H18F2N6O4. The van der Waals surface area contributed by atoms with Crippen molar-refractivity contribution in [2.45, 2.75) is 12.6 Å². The molecule has 1 amide bonds. The second-order valence-electron chi connectivity index (χ2n) is 8.23. The first-order chi connectivity index (χ1) is 18.0. The van der Waals surface area contributed by atoms with Gasteiger partial charge in [0, 0.05) is 35.6 Å². The molecule has 4 aromatic rings. The molecule has 1 unspecified atom stereocenters. The summed E-state index contributed by atoms with van der Waals surface area (Å²) in [6, 6.07) is 9.38. The molecule has 0 saturated carbocycles. The van der Waals surface area contributed by atoms with Gasteiger partial charge in [0.25, 0.3) is 11.8 Å². The van der Waals surface area contributed by atoms with Crippen LogP contribution in [0.3, 0.4) is 0 Å². The number of rotatable bonds is 5. The summed E-state index contributed by atoms with van der Waals surface area (Å²) in [6.07, 6.45) is 3.47. The van der Waals surface area contributed by atoms with Crippen molar-refractivity contribution < 1.29 is 28.2 Å². The van der Waals surface area contributed by atoms with Crippen molar-refractivity contribution in [3.8, 4) is 11.6 Å². The molecule has 6 rings (SSSR count). The van der Waals surface area contributed by atoms with Crippen LogP contribution in [0.25, 0.3) is 11.2 Å². The molecule has 1 fully saturated rings. The minimum atomic E-state index is -1.41. The van der Waals surface area contributed by atoms with Crippen molar-refractivity contribution in [3.05, 3.63) is 89.9 Å². The van der Waals surface area contributed by atoms with Gasteiger partial charge in [-0.2, -0.15) is 4.98 Å². The molecule has 10 nitrogen and oxygen atoms in total. The Kier molecular flexibility index (Phi) is 5.49. The monoisotopic (exact) mass is 504 g/mol. The average Bonchev–Trinajstić information content (AvgIpc) is 3.56. The third kappa shape index (κ3) is 4.12. The number of carbonyl (C=O) groups excluding carboxylic acids is 1. The molecule has 4 heterocycles. The predicted molar refractivity (Wildman–Crippen MR) is 127 cm³/mol. The summed E-state index contributed by atoms with van der Waals surface area (Å²) in [5, 5.41) is 13.7. The number of imidazole rings is 1. The van der Waals surface area contributed by atoms with E-state index in [1.165, 1.54) is 54.0 Å². The van der Waals surface area contributed by atoms with E-state index in [2.05, 4.69) is 25.3 Å². The van der Waals surface area contributed by atoms with Gasteiger partial charge in [-0.1, -0.05) is 0 Å². The lowest BCUT2D eigenvalue weighted by Gasteiger charge is -2.32. The SMILES string of the molecule is O=C(Nc1ccc(Oc2ncnc3[nH]cnc23)c(F)c1)C1=C2OCCC2=CN(c2ccc(F)cc2)C1O. The van der Waals surface area contributed by atoms with Gasteiger partial charge in [0.1, 0.15) is 23.5 Å². The van der Waals surface area contributed by atoms with E-state index in [-0.39, 0.29) is 28.6 Å². The number of aromatic nitrogens is 4. The van der Waals surface area contributed by atoms with Crippen LogP contribution in [0.15, 0.2) is 78.2 Å². The highest BCUT2D eigenvalue weighted by Gasteiger charge is 2.37. The second-order valence-corrected chi connectivity index (χ2v) is 8.23. The van der Waals surface area contributed by atoms with Crippen LogP contribution in [0.4, 0.5) is 20.2 Å². The second kappa shape index (κ2) is 8.99. The topological polar surface area (TPSA) is 125 Å². The number of aliphatic hydroxyl groups is 1. The lowest BCUT2D eigenvalue weighted by Crippen LogP contribution is -2.40. The van der Waals surface area contributed by atoms with Gasteiger partial charge in [-0.3, -0.25) is 4.79 Å². The number of H-pyrrole nitrogens is 1. The van der Waals surface area contributed by atoms with Gasteiger partial charge in [0.05, 0.1) is 12.9 Å². The number of hydrogen-bond acceptors (Lipinski definition) is 8. The van der Waals surface area contributed by atoms with Gasteiger partial charge in [0.15, 0.2) is 29.0 Å². The number of benzene rings is 2. The van der Waals surface area contributed by atoms with Crippen LogP contribution in [-0.4, -0.2) is 43.8 Å². The van der Waals surface area contributed by atoms with E-state index in [0.717, 1.165) is 6.07 Å². The van der Waals surface area contributed by atoms with Crippen LogP contribution in [0.1, 0.15) is 6.42 Å². The summed E-state index contributed by atoms with van der Waals surface area (Å²) in [7, 11) is 0. The molecule has 0 radical (unpaired) electrons. The Morgan fingerprint density at radius 2 is 2.00 bits per heavy atom. The first-order valence-electron chi connectivity index (χ1n) is 11.2. The highest BCUT2D eigenvalue weighted by atomic mass is 19.1. The smallest absolute Gasteiger partial charge is 0.259 e. The molecule has 1 saturated heterocycles. The van der Waals surface area contributed by atoms with Gasteiger partial charge in [-0.25, -0.2) is 18.7 Å². The number of aliphatic hydroxyl groups excluding tert-OH is 1. The summed E-state index contributed by atoms with van der Waals surface area (Å²) < 4.78 is 39.5. The number of amides is 1. The summed E-state index contributed by atoms with van der Waals surface area (Å²) in [5.74, 6) is -1.65. The molecule has 2 aromatic heterocycles. The zero-order valence-corrected chi connectivity index (χ0v) is 19.0. The van der Waals surface area contributed by atoms with E-state index in [9.17, 15) is 18.7 Å². The molecule has 0 aliphatic carbocycles. The normalized spacial score (nSPS) is 16.9. The van der Waals surface area contributed by atoms with E-state index in [1.807, 2.05) is 0 Å². The van der Waals surface area contributed by atoms with Crippen LogP contribution in [0.2, 0.25) is 0 Å². The maximum atomic E-state index is 14.9. The molecule has 12 heteroatoms. The molecule has 37 heavy (non-hydrogen) atoms. The number of halogens is 2. The lowest BCUT2D eigenvalue weighted by atomic mass is 10.0. The highest BCUT2D eigenvalue weighted by Crippen LogP contribution is 2.37. The number of anilines is 2. The Balaban J connectivity index is 1.24. The van der Waals surface area contributed by atoms with Gasteiger partial charge >= 0.3 is 0 Å².